The van der Waals surface area contributed by atoms with Crippen LogP contribution >= 0.6 is 0 Å². The van der Waals surface area contributed by atoms with E-state index in [-0.39, 0.29) is 17.9 Å². The summed E-state index contributed by atoms with van der Waals surface area (Å²) in [7, 11) is 0. The number of likely N-dealkylation sites (tertiary alicyclic amines) is 1. The van der Waals surface area contributed by atoms with Crippen LogP contribution in [0.25, 0.3) is 0 Å². The molecule has 1 atom stereocenters. The lowest BCUT2D eigenvalue weighted by atomic mass is 9.98. The molecule has 5 heteroatoms. The lowest BCUT2D eigenvalue weighted by molar-refractivity contribution is -0.128. The molecule has 2 saturated heterocycles. The van der Waals surface area contributed by atoms with Crippen LogP contribution in [-0.4, -0.2) is 48.6 Å². The number of carbonyl (C=O) groups excluding carboxylic acids is 1. The van der Waals surface area contributed by atoms with Gasteiger partial charge in [-0.2, -0.15) is 0 Å². The number of piperidine rings is 1. The van der Waals surface area contributed by atoms with Crippen LogP contribution in [0.5, 0.6) is 0 Å². The molecule has 5 nitrogen and oxygen atoms in total. The maximum Gasteiger partial charge on any atom is 0.223 e. The standard InChI is InChI=1S/C18H27N3O2/c22-18(15-6-11-23-12-7-15)20-14-17(16-5-4-8-19-13-16)21-9-2-1-3-10-21/h4-5,8,13,15,17H,1-3,6-7,9-12,14H2,(H,20,22)/t17-/m1/s1. The van der Waals surface area contributed by atoms with Crippen molar-refractivity contribution in [1.29, 1.82) is 0 Å². The van der Waals surface area contributed by atoms with Gasteiger partial charge in [0.25, 0.3) is 0 Å². The van der Waals surface area contributed by atoms with E-state index in [1.165, 1.54) is 24.8 Å². The lowest BCUT2D eigenvalue weighted by Gasteiger charge is -2.35. The van der Waals surface area contributed by atoms with Gasteiger partial charge in [0.1, 0.15) is 0 Å². The Balaban J connectivity index is 1.62. The van der Waals surface area contributed by atoms with Gasteiger partial charge in [0.15, 0.2) is 0 Å². The highest BCUT2D eigenvalue weighted by Gasteiger charge is 2.26. The number of ether oxygens (including phenoxy) is 1. The molecule has 3 heterocycles. The van der Waals surface area contributed by atoms with Crippen LogP contribution in [0.1, 0.15) is 43.7 Å². The van der Waals surface area contributed by atoms with E-state index in [9.17, 15) is 4.79 Å². The molecule has 1 aromatic heterocycles. The van der Waals surface area contributed by atoms with Gasteiger partial charge in [0.05, 0.1) is 6.04 Å². The van der Waals surface area contributed by atoms with E-state index < -0.39 is 0 Å². The van der Waals surface area contributed by atoms with Crippen LogP contribution in [0.3, 0.4) is 0 Å². The Labute approximate surface area is 138 Å². The molecule has 0 unspecified atom stereocenters. The summed E-state index contributed by atoms with van der Waals surface area (Å²) < 4.78 is 5.34. The second kappa shape index (κ2) is 8.41. The van der Waals surface area contributed by atoms with Crippen LogP contribution < -0.4 is 5.32 Å². The largest absolute Gasteiger partial charge is 0.381 e. The molecule has 0 aliphatic carbocycles. The fraction of sp³-hybridized carbons (Fsp3) is 0.667. The Morgan fingerprint density at radius 2 is 2.09 bits per heavy atom. The van der Waals surface area contributed by atoms with E-state index in [1.807, 2.05) is 12.3 Å². The third-order valence-electron chi connectivity index (χ3n) is 4.96. The van der Waals surface area contributed by atoms with E-state index in [1.54, 1.807) is 6.20 Å². The van der Waals surface area contributed by atoms with Gasteiger partial charge in [-0.15, -0.1) is 0 Å². The first-order valence-corrected chi connectivity index (χ1v) is 8.84. The van der Waals surface area contributed by atoms with Gasteiger partial charge in [-0.3, -0.25) is 14.7 Å². The summed E-state index contributed by atoms with van der Waals surface area (Å²) in [5, 5.41) is 3.18. The van der Waals surface area contributed by atoms with Crippen molar-refractivity contribution >= 4 is 5.91 Å². The van der Waals surface area contributed by atoms with E-state index >= 15 is 0 Å². The number of amides is 1. The number of aromatic nitrogens is 1. The lowest BCUT2D eigenvalue weighted by Crippen LogP contribution is -2.42. The molecule has 0 bridgehead atoms. The second-order valence-electron chi connectivity index (χ2n) is 6.53. The maximum absolute atomic E-state index is 12.4. The highest BCUT2D eigenvalue weighted by Crippen LogP contribution is 2.24. The Morgan fingerprint density at radius 1 is 1.30 bits per heavy atom. The molecule has 1 amide bonds. The van der Waals surface area contributed by atoms with Crippen LogP contribution in [0, 0.1) is 5.92 Å². The minimum absolute atomic E-state index is 0.111. The van der Waals surface area contributed by atoms with Crippen molar-refractivity contribution < 1.29 is 9.53 Å². The summed E-state index contributed by atoms with van der Waals surface area (Å²) in [5.74, 6) is 0.291. The summed E-state index contributed by atoms with van der Waals surface area (Å²) in [6.07, 6.45) is 9.21. The fourth-order valence-electron chi connectivity index (χ4n) is 3.56. The molecule has 0 saturated carbocycles. The summed E-state index contributed by atoms with van der Waals surface area (Å²) >= 11 is 0. The van der Waals surface area contributed by atoms with Crippen LogP contribution in [0.2, 0.25) is 0 Å². The normalized spacial score (nSPS) is 21.7. The summed E-state index contributed by atoms with van der Waals surface area (Å²) in [4.78, 5) is 19.2. The Kier molecular flexibility index (Phi) is 6.00. The van der Waals surface area contributed by atoms with E-state index in [2.05, 4.69) is 21.3 Å². The fourth-order valence-corrected chi connectivity index (χ4v) is 3.56. The van der Waals surface area contributed by atoms with Crippen molar-refractivity contribution in [3.8, 4) is 0 Å². The molecule has 2 fully saturated rings. The van der Waals surface area contributed by atoms with Crippen LogP contribution in [0.4, 0.5) is 0 Å². The molecule has 0 aromatic carbocycles. The first kappa shape index (κ1) is 16.4. The van der Waals surface area contributed by atoms with Gasteiger partial charge in [0.2, 0.25) is 5.91 Å². The molecule has 23 heavy (non-hydrogen) atoms. The molecule has 2 aliphatic rings. The molecule has 126 valence electrons. The smallest absolute Gasteiger partial charge is 0.223 e. The average molecular weight is 317 g/mol. The molecule has 0 spiro atoms. The van der Waals surface area contributed by atoms with Crippen molar-refractivity contribution in [2.24, 2.45) is 5.92 Å². The van der Waals surface area contributed by atoms with E-state index in [0.717, 1.165) is 25.9 Å². The third kappa shape index (κ3) is 4.52. The van der Waals surface area contributed by atoms with Crippen molar-refractivity contribution in [2.75, 3.05) is 32.8 Å². The number of carbonyl (C=O) groups is 1. The Hall–Kier alpha value is -1.46. The van der Waals surface area contributed by atoms with Gasteiger partial charge >= 0.3 is 0 Å². The predicted molar refractivity (Wildman–Crippen MR) is 89.0 cm³/mol. The maximum atomic E-state index is 12.4. The van der Waals surface area contributed by atoms with Crippen LogP contribution in [-0.2, 0) is 9.53 Å². The number of nitrogens with one attached hydrogen (secondary N) is 1. The zero-order valence-corrected chi connectivity index (χ0v) is 13.7. The third-order valence-corrected chi connectivity index (χ3v) is 4.96. The predicted octanol–water partition coefficient (Wildman–Crippen LogP) is 2.15. The number of nitrogens with zero attached hydrogens (tertiary/aromatic N) is 2. The molecule has 1 N–H and O–H groups in total. The van der Waals surface area contributed by atoms with Crippen molar-refractivity contribution in [2.45, 2.75) is 38.1 Å². The van der Waals surface area contributed by atoms with Gasteiger partial charge in [-0.05, 0) is 50.4 Å². The van der Waals surface area contributed by atoms with Crippen molar-refractivity contribution in [1.82, 2.24) is 15.2 Å². The summed E-state index contributed by atoms with van der Waals surface area (Å²) in [6.45, 7) is 4.29. The van der Waals surface area contributed by atoms with E-state index in [0.29, 0.717) is 19.8 Å². The topological polar surface area (TPSA) is 54.5 Å². The van der Waals surface area contributed by atoms with Crippen LogP contribution in [0.15, 0.2) is 24.5 Å². The molecular formula is C18H27N3O2. The molecular weight excluding hydrogens is 290 g/mol. The van der Waals surface area contributed by atoms with Gasteiger partial charge < -0.3 is 10.1 Å². The Morgan fingerprint density at radius 3 is 2.78 bits per heavy atom. The zero-order chi connectivity index (χ0) is 15.9. The number of hydrogen-bond acceptors (Lipinski definition) is 4. The highest BCUT2D eigenvalue weighted by molar-refractivity contribution is 5.78. The quantitative estimate of drug-likeness (QED) is 0.904. The first-order chi connectivity index (χ1) is 11.3. The number of pyridine rings is 1. The van der Waals surface area contributed by atoms with Gasteiger partial charge in [0, 0.05) is 38.1 Å². The number of rotatable bonds is 5. The zero-order valence-electron chi connectivity index (χ0n) is 13.7. The molecule has 2 aliphatic heterocycles. The SMILES string of the molecule is O=C(NC[C@H](c1cccnc1)N1CCCCC1)C1CCOCC1. The summed E-state index contributed by atoms with van der Waals surface area (Å²) in [5.41, 5.74) is 1.20. The number of hydrogen-bond donors (Lipinski definition) is 1. The van der Waals surface area contributed by atoms with Gasteiger partial charge in [-0.1, -0.05) is 12.5 Å². The molecule has 0 radical (unpaired) electrons. The highest BCUT2D eigenvalue weighted by atomic mass is 16.5. The minimum Gasteiger partial charge on any atom is -0.381 e. The van der Waals surface area contributed by atoms with Crippen molar-refractivity contribution in [3.05, 3.63) is 30.1 Å². The van der Waals surface area contributed by atoms with E-state index in [4.69, 9.17) is 4.74 Å². The average Bonchev–Trinajstić information content (AvgIpc) is 2.64. The minimum atomic E-state index is 0.111. The molecule has 3 rings (SSSR count). The van der Waals surface area contributed by atoms with Crippen molar-refractivity contribution in [3.63, 3.8) is 0 Å². The first-order valence-electron chi connectivity index (χ1n) is 8.84. The second-order valence-corrected chi connectivity index (χ2v) is 6.53. The Bertz CT molecular complexity index is 482. The monoisotopic (exact) mass is 317 g/mol. The van der Waals surface area contributed by atoms with Gasteiger partial charge in [-0.25, -0.2) is 0 Å². The summed E-state index contributed by atoms with van der Waals surface area (Å²) in [6, 6.07) is 4.33. The molecule has 1 aromatic rings.